The second kappa shape index (κ2) is 3.64. The Morgan fingerprint density at radius 3 is 3.00 bits per heavy atom. The molecule has 0 radical (unpaired) electrons. The molecule has 6 heteroatoms. The van der Waals surface area contributed by atoms with E-state index in [-0.39, 0.29) is 17.1 Å². The number of hydrogen-bond acceptors (Lipinski definition) is 5. The maximum absolute atomic E-state index is 10.5. The third kappa shape index (κ3) is 1.63. The highest BCUT2D eigenvalue weighted by Crippen LogP contribution is 2.33. The minimum Gasteiger partial charge on any atom is -0.372 e. The Kier molecular flexibility index (Phi) is 2.49. The molecule has 0 aliphatic carbocycles. The van der Waals surface area contributed by atoms with Crippen LogP contribution in [0.1, 0.15) is 18.1 Å². The summed E-state index contributed by atoms with van der Waals surface area (Å²) in [5.41, 5.74) is 6.63. The number of ether oxygens (including phenoxy) is 1. The summed E-state index contributed by atoms with van der Waals surface area (Å²) in [4.78, 5) is 10.1. The van der Waals surface area contributed by atoms with E-state index < -0.39 is 4.92 Å². The van der Waals surface area contributed by atoms with Crippen LogP contribution < -0.4 is 5.73 Å². The molecule has 1 aromatic heterocycles. The van der Waals surface area contributed by atoms with Gasteiger partial charge in [0, 0.05) is 29.7 Å². The van der Waals surface area contributed by atoms with Gasteiger partial charge in [0.2, 0.25) is 0 Å². The highest BCUT2D eigenvalue weighted by Gasteiger charge is 2.28. The summed E-state index contributed by atoms with van der Waals surface area (Å²) in [5, 5.41) is 12.3. The average molecular weight is 214 g/mol. The van der Waals surface area contributed by atoms with Crippen LogP contribution in [0.2, 0.25) is 0 Å². The lowest BCUT2D eigenvalue weighted by molar-refractivity contribution is -0.380. The van der Waals surface area contributed by atoms with E-state index in [9.17, 15) is 10.1 Å². The van der Waals surface area contributed by atoms with E-state index in [1.54, 1.807) is 11.4 Å². The van der Waals surface area contributed by atoms with Crippen molar-refractivity contribution in [2.24, 2.45) is 5.73 Å². The van der Waals surface area contributed by atoms with Crippen LogP contribution in [0.3, 0.4) is 0 Å². The highest BCUT2D eigenvalue weighted by atomic mass is 32.1. The summed E-state index contributed by atoms with van der Waals surface area (Å²) >= 11 is 1.11. The molecule has 0 saturated carbocycles. The van der Waals surface area contributed by atoms with Gasteiger partial charge in [-0.2, -0.15) is 0 Å². The minimum absolute atomic E-state index is 0.0378. The van der Waals surface area contributed by atoms with Gasteiger partial charge in [0.1, 0.15) is 0 Å². The van der Waals surface area contributed by atoms with Gasteiger partial charge in [-0.25, -0.2) is 0 Å². The molecule has 76 valence electrons. The first-order valence-electron chi connectivity index (χ1n) is 4.28. The summed E-state index contributed by atoms with van der Waals surface area (Å²) in [6.07, 6.45) is 0.647. The molecule has 1 fully saturated rings. The smallest absolute Gasteiger partial charge is 0.324 e. The van der Waals surface area contributed by atoms with Crippen molar-refractivity contribution in [3.05, 3.63) is 27.1 Å². The standard InChI is InChI=1S/C8H10N2O3S/c9-6-1-2-13-8(6)5-3-7(10(11)12)14-4-5/h3-4,6,8H,1-2,9H2. The predicted octanol–water partition coefficient (Wildman–Crippen LogP) is 1.45. The Labute approximate surface area is 84.6 Å². The first-order valence-corrected chi connectivity index (χ1v) is 5.16. The third-order valence-electron chi connectivity index (χ3n) is 2.25. The van der Waals surface area contributed by atoms with E-state index in [2.05, 4.69) is 0 Å². The minimum atomic E-state index is -0.394. The summed E-state index contributed by atoms with van der Waals surface area (Å²) in [5.74, 6) is 0. The second-order valence-corrected chi connectivity index (χ2v) is 4.11. The van der Waals surface area contributed by atoms with E-state index >= 15 is 0 Å². The van der Waals surface area contributed by atoms with E-state index in [4.69, 9.17) is 10.5 Å². The molecule has 2 unspecified atom stereocenters. The molecule has 2 heterocycles. The van der Waals surface area contributed by atoms with Crippen molar-refractivity contribution in [2.75, 3.05) is 6.61 Å². The van der Waals surface area contributed by atoms with Crippen molar-refractivity contribution in [1.82, 2.24) is 0 Å². The highest BCUT2D eigenvalue weighted by molar-refractivity contribution is 7.13. The van der Waals surface area contributed by atoms with Crippen molar-refractivity contribution >= 4 is 16.3 Å². The van der Waals surface area contributed by atoms with Gasteiger partial charge in [-0.15, -0.1) is 0 Å². The second-order valence-electron chi connectivity index (χ2n) is 3.22. The van der Waals surface area contributed by atoms with Gasteiger partial charge in [0.15, 0.2) is 0 Å². The Morgan fingerprint density at radius 2 is 2.50 bits per heavy atom. The van der Waals surface area contributed by atoms with Gasteiger partial charge < -0.3 is 10.5 Å². The van der Waals surface area contributed by atoms with Crippen LogP contribution in [0.4, 0.5) is 5.00 Å². The largest absolute Gasteiger partial charge is 0.372 e. The van der Waals surface area contributed by atoms with Crippen LogP contribution in [0.5, 0.6) is 0 Å². The maximum atomic E-state index is 10.5. The lowest BCUT2D eigenvalue weighted by Crippen LogP contribution is -2.22. The van der Waals surface area contributed by atoms with Crippen LogP contribution >= 0.6 is 11.3 Å². The van der Waals surface area contributed by atoms with E-state index in [0.717, 1.165) is 23.3 Å². The first-order chi connectivity index (χ1) is 6.68. The molecule has 14 heavy (non-hydrogen) atoms. The molecule has 1 aromatic rings. The molecule has 0 spiro atoms. The SMILES string of the molecule is NC1CCOC1c1csc([N+](=O)[O-])c1. The summed E-state index contributed by atoms with van der Waals surface area (Å²) in [7, 11) is 0. The first kappa shape index (κ1) is 9.57. The Hall–Kier alpha value is -0.980. The van der Waals surface area contributed by atoms with Crippen molar-refractivity contribution in [3.8, 4) is 0 Å². The number of nitro groups is 1. The molecule has 2 atom stereocenters. The number of nitrogens with two attached hydrogens (primary N) is 1. The number of rotatable bonds is 2. The molecular formula is C8H10N2O3S. The molecule has 2 rings (SSSR count). The molecule has 0 amide bonds. The predicted molar refractivity (Wildman–Crippen MR) is 52.3 cm³/mol. The van der Waals surface area contributed by atoms with E-state index in [1.807, 2.05) is 0 Å². The van der Waals surface area contributed by atoms with Gasteiger partial charge in [0.05, 0.1) is 11.0 Å². The normalized spacial score (nSPS) is 26.6. The van der Waals surface area contributed by atoms with Crippen molar-refractivity contribution in [1.29, 1.82) is 0 Å². The molecule has 0 aromatic carbocycles. The van der Waals surface area contributed by atoms with Crippen LogP contribution in [0.25, 0.3) is 0 Å². The summed E-state index contributed by atoms with van der Waals surface area (Å²) in [6, 6.07) is 1.50. The van der Waals surface area contributed by atoms with Gasteiger partial charge in [-0.3, -0.25) is 10.1 Å². The number of nitrogens with zero attached hydrogens (tertiary/aromatic N) is 1. The van der Waals surface area contributed by atoms with E-state index in [0.29, 0.717) is 6.61 Å². The van der Waals surface area contributed by atoms with Crippen molar-refractivity contribution in [2.45, 2.75) is 18.6 Å². The zero-order chi connectivity index (χ0) is 10.1. The molecule has 5 nitrogen and oxygen atoms in total. The monoisotopic (exact) mass is 214 g/mol. The topological polar surface area (TPSA) is 78.4 Å². The lowest BCUT2D eigenvalue weighted by Gasteiger charge is -2.11. The van der Waals surface area contributed by atoms with Gasteiger partial charge in [0.25, 0.3) is 0 Å². The molecule has 1 aliphatic rings. The average Bonchev–Trinajstić information content (AvgIpc) is 2.71. The Bertz CT molecular complexity index is 352. The fraction of sp³-hybridized carbons (Fsp3) is 0.500. The maximum Gasteiger partial charge on any atom is 0.324 e. The number of hydrogen-bond donors (Lipinski definition) is 1. The fourth-order valence-corrected chi connectivity index (χ4v) is 2.28. The summed E-state index contributed by atoms with van der Waals surface area (Å²) in [6.45, 7) is 0.634. The fourth-order valence-electron chi connectivity index (χ4n) is 1.53. The van der Waals surface area contributed by atoms with Gasteiger partial charge >= 0.3 is 5.00 Å². The quantitative estimate of drug-likeness (QED) is 0.597. The lowest BCUT2D eigenvalue weighted by atomic mass is 10.1. The molecule has 1 aliphatic heterocycles. The summed E-state index contributed by atoms with van der Waals surface area (Å²) < 4.78 is 5.40. The van der Waals surface area contributed by atoms with Crippen molar-refractivity contribution in [3.63, 3.8) is 0 Å². The Morgan fingerprint density at radius 1 is 1.71 bits per heavy atom. The third-order valence-corrected chi connectivity index (χ3v) is 3.15. The zero-order valence-corrected chi connectivity index (χ0v) is 8.20. The zero-order valence-electron chi connectivity index (χ0n) is 7.38. The molecular weight excluding hydrogens is 204 g/mol. The Balaban J connectivity index is 2.20. The van der Waals surface area contributed by atoms with Gasteiger partial charge in [-0.1, -0.05) is 11.3 Å². The molecule has 1 saturated heterocycles. The van der Waals surface area contributed by atoms with E-state index in [1.165, 1.54) is 0 Å². The van der Waals surface area contributed by atoms with Crippen LogP contribution in [-0.4, -0.2) is 17.6 Å². The molecule has 2 N–H and O–H groups in total. The van der Waals surface area contributed by atoms with Gasteiger partial charge in [-0.05, 0) is 6.42 Å². The molecule has 0 bridgehead atoms. The van der Waals surface area contributed by atoms with Crippen molar-refractivity contribution < 1.29 is 9.66 Å². The van der Waals surface area contributed by atoms with Crippen LogP contribution in [0.15, 0.2) is 11.4 Å². The van der Waals surface area contributed by atoms with Crippen LogP contribution in [-0.2, 0) is 4.74 Å². The number of thiophene rings is 1. The van der Waals surface area contributed by atoms with Crippen LogP contribution in [0, 0.1) is 10.1 Å².